The van der Waals surface area contributed by atoms with Gasteiger partial charge in [-0.25, -0.2) is 14.4 Å². The summed E-state index contributed by atoms with van der Waals surface area (Å²) in [5, 5.41) is 112. The first-order chi connectivity index (χ1) is 30.4. The number of carbonyl (C=O) groups is 2. The summed E-state index contributed by atoms with van der Waals surface area (Å²) in [6.45, 7) is -1.25. The number of hydrogen-bond donors (Lipinski definition) is 11. The zero-order valence-corrected chi connectivity index (χ0v) is 33.0. The summed E-state index contributed by atoms with van der Waals surface area (Å²) in [6.07, 6.45) is -9.73. The van der Waals surface area contributed by atoms with Crippen molar-refractivity contribution in [2.24, 2.45) is 0 Å². The van der Waals surface area contributed by atoms with Crippen LogP contribution in [0.25, 0.3) is 24.3 Å². The van der Waals surface area contributed by atoms with Gasteiger partial charge in [0.25, 0.3) is 0 Å². The molecule has 0 spiro atoms. The molecule has 3 aromatic carbocycles. The second-order valence-electron chi connectivity index (χ2n) is 14.3. The van der Waals surface area contributed by atoms with Crippen LogP contribution in [0, 0.1) is 0 Å². The van der Waals surface area contributed by atoms with E-state index >= 15 is 0 Å². The highest BCUT2D eigenvalue weighted by Crippen LogP contribution is 2.33. The van der Waals surface area contributed by atoms with Crippen LogP contribution in [0.1, 0.15) is 22.5 Å². The van der Waals surface area contributed by atoms with E-state index in [9.17, 15) is 70.6 Å². The predicted molar refractivity (Wildman–Crippen MR) is 216 cm³/mol. The standard InChI is InChI=1S/C43H42O21/c44-25-8-2-20(13-27(25)46)1-7-23-16-24(17-35(51)60-23)61-42-40(56)38(54)36(52)31(63-42)18-58-34(50)12-6-22-4-10-30(29(48)15-22)62-43-41(57)39(55)37(53)32(64-43)19-59-33(49)11-5-21-3-9-26(45)28(47)14-21/h1-17,31-32,36-48,52-57H,18-19H2/b7-1+,11-5+,12-6+/t31-,32-,36-,37-,38+,39+,40-,41-,42-,43-/m1/s1. The van der Waals surface area contributed by atoms with E-state index < -0.39 is 104 Å². The molecule has 2 aliphatic heterocycles. The molecule has 11 N–H and O–H groups in total. The van der Waals surface area contributed by atoms with E-state index in [1.165, 1.54) is 78.9 Å². The van der Waals surface area contributed by atoms with Gasteiger partial charge in [-0.2, -0.15) is 0 Å². The molecule has 0 aliphatic carbocycles. The monoisotopic (exact) mass is 894 g/mol. The zero-order chi connectivity index (χ0) is 46.2. The molecule has 1 aromatic heterocycles. The van der Waals surface area contributed by atoms with Crippen molar-refractivity contribution in [3.05, 3.63) is 112 Å². The third kappa shape index (κ3) is 11.7. The highest BCUT2D eigenvalue weighted by Gasteiger charge is 2.47. The summed E-state index contributed by atoms with van der Waals surface area (Å²) in [7, 11) is 0. The predicted octanol–water partition coefficient (Wildman–Crippen LogP) is 0.224. The van der Waals surface area contributed by atoms with Crippen molar-refractivity contribution in [3.63, 3.8) is 0 Å². The molecule has 2 aliphatic rings. The lowest BCUT2D eigenvalue weighted by Crippen LogP contribution is -2.60. The van der Waals surface area contributed by atoms with Crippen LogP contribution in [0.3, 0.4) is 0 Å². The van der Waals surface area contributed by atoms with Crippen molar-refractivity contribution in [2.75, 3.05) is 13.2 Å². The lowest BCUT2D eigenvalue weighted by Gasteiger charge is -2.39. The number of hydrogen-bond acceptors (Lipinski definition) is 21. The third-order valence-corrected chi connectivity index (χ3v) is 9.62. The quantitative estimate of drug-likeness (QED) is 0.0458. The van der Waals surface area contributed by atoms with Crippen molar-refractivity contribution in [1.82, 2.24) is 0 Å². The number of esters is 2. The lowest BCUT2D eigenvalue weighted by molar-refractivity contribution is -0.278. The summed E-state index contributed by atoms with van der Waals surface area (Å²) in [6, 6.07) is 13.7. The molecule has 340 valence electrons. The Kier molecular flexibility index (Phi) is 14.9. The molecule has 21 heteroatoms. The smallest absolute Gasteiger partial charge is 0.339 e. The first-order valence-corrected chi connectivity index (χ1v) is 19.1. The van der Waals surface area contributed by atoms with E-state index in [1.54, 1.807) is 0 Å². The maximum Gasteiger partial charge on any atom is 0.339 e. The van der Waals surface area contributed by atoms with Gasteiger partial charge in [0.2, 0.25) is 12.6 Å². The van der Waals surface area contributed by atoms with Crippen LogP contribution < -0.4 is 15.1 Å². The summed E-state index contributed by atoms with van der Waals surface area (Å²) in [5.41, 5.74) is 0.158. The first kappa shape index (κ1) is 46.6. The number of benzene rings is 3. The Morgan fingerprint density at radius 1 is 0.516 bits per heavy atom. The molecule has 0 amide bonds. The average molecular weight is 895 g/mol. The van der Waals surface area contributed by atoms with E-state index in [1.807, 2.05) is 0 Å². The third-order valence-electron chi connectivity index (χ3n) is 9.62. The number of phenols is 5. The normalized spacial score (nSPS) is 26.0. The van der Waals surface area contributed by atoms with Gasteiger partial charge < -0.3 is 89.0 Å². The van der Waals surface area contributed by atoms with Crippen LogP contribution >= 0.6 is 0 Å². The number of phenolic OH excluding ortho intramolecular Hbond substituents is 5. The molecular formula is C43H42O21. The number of rotatable bonds is 14. The molecule has 2 fully saturated rings. The van der Waals surface area contributed by atoms with Gasteiger partial charge in [0.1, 0.15) is 73.6 Å². The number of aliphatic hydroxyl groups excluding tert-OH is 6. The molecule has 3 heterocycles. The van der Waals surface area contributed by atoms with Crippen LogP contribution in [0.4, 0.5) is 0 Å². The van der Waals surface area contributed by atoms with Crippen molar-refractivity contribution in [2.45, 2.75) is 61.4 Å². The van der Waals surface area contributed by atoms with Crippen molar-refractivity contribution in [3.8, 4) is 40.2 Å². The molecule has 10 atom stereocenters. The maximum absolute atomic E-state index is 12.6. The van der Waals surface area contributed by atoms with Gasteiger partial charge in [0.15, 0.2) is 34.5 Å². The van der Waals surface area contributed by atoms with E-state index in [-0.39, 0.29) is 40.1 Å². The van der Waals surface area contributed by atoms with Crippen LogP contribution in [-0.4, -0.2) is 143 Å². The van der Waals surface area contributed by atoms with Gasteiger partial charge in [-0.3, -0.25) is 0 Å². The number of carbonyl (C=O) groups excluding carboxylic acids is 2. The lowest BCUT2D eigenvalue weighted by atomic mass is 9.99. The van der Waals surface area contributed by atoms with Gasteiger partial charge in [-0.05, 0) is 71.3 Å². The van der Waals surface area contributed by atoms with Gasteiger partial charge in [0, 0.05) is 18.2 Å². The summed E-state index contributed by atoms with van der Waals surface area (Å²) < 4.78 is 37.6. The number of ether oxygens (including phenoxy) is 6. The summed E-state index contributed by atoms with van der Waals surface area (Å²) in [4.78, 5) is 37.1. The fourth-order valence-electron chi connectivity index (χ4n) is 6.14. The Morgan fingerprint density at radius 3 is 1.48 bits per heavy atom. The molecule has 0 unspecified atom stereocenters. The van der Waals surface area contributed by atoms with Gasteiger partial charge >= 0.3 is 17.6 Å². The van der Waals surface area contributed by atoms with Crippen LogP contribution in [0.5, 0.6) is 40.2 Å². The fourth-order valence-corrected chi connectivity index (χ4v) is 6.14. The Morgan fingerprint density at radius 2 is 0.984 bits per heavy atom. The molecular weight excluding hydrogens is 852 g/mol. The van der Waals surface area contributed by atoms with E-state index in [2.05, 4.69) is 0 Å². The Hall–Kier alpha value is -6.95. The van der Waals surface area contributed by atoms with Crippen molar-refractivity contribution >= 4 is 36.2 Å². The first-order valence-electron chi connectivity index (χ1n) is 19.1. The minimum atomic E-state index is -1.84. The van der Waals surface area contributed by atoms with Gasteiger partial charge in [-0.15, -0.1) is 0 Å². The van der Waals surface area contributed by atoms with Crippen LogP contribution in [0.2, 0.25) is 0 Å². The van der Waals surface area contributed by atoms with Crippen LogP contribution in [-0.2, 0) is 28.5 Å². The summed E-state index contributed by atoms with van der Waals surface area (Å²) >= 11 is 0. The molecule has 0 bridgehead atoms. The van der Waals surface area contributed by atoms with E-state index in [4.69, 9.17) is 32.8 Å². The molecule has 2 saturated heterocycles. The molecule has 21 nitrogen and oxygen atoms in total. The highest BCUT2D eigenvalue weighted by molar-refractivity contribution is 5.87. The molecule has 0 saturated carbocycles. The topological polar surface area (TPSA) is 342 Å². The molecule has 6 rings (SSSR count). The van der Waals surface area contributed by atoms with Gasteiger partial charge in [0.05, 0.1) is 6.07 Å². The molecule has 64 heavy (non-hydrogen) atoms. The molecule has 0 radical (unpaired) electrons. The number of aliphatic hydroxyl groups is 6. The molecule has 4 aromatic rings. The van der Waals surface area contributed by atoms with Crippen molar-refractivity contribution < 1.29 is 98.6 Å². The second kappa shape index (κ2) is 20.5. The highest BCUT2D eigenvalue weighted by atomic mass is 16.7. The van der Waals surface area contributed by atoms with E-state index in [0.29, 0.717) is 11.1 Å². The Bertz CT molecular complexity index is 2440. The van der Waals surface area contributed by atoms with Crippen LogP contribution in [0.15, 0.2) is 88.1 Å². The van der Waals surface area contributed by atoms with Gasteiger partial charge in [-0.1, -0.05) is 24.3 Å². The Balaban J connectivity index is 1.01. The van der Waals surface area contributed by atoms with E-state index in [0.717, 1.165) is 24.3 Å². The fraction of sp³-hybridized carbons (Fsp3) is 0.279. The number of aromatic hydroxyl groups is 5. The minimum Gasteiger partial charge on any atom is -0.504 e. The maximum atomic E-state index is 12.6. The average Bonchev–Trinajstić information content (AvgIpc) is 3.26. The summed E-state index contributed by atoms with van der Waals surface area (Å²) in [5.74, 6) is -4.33. The SMILES string of the molecule is O=C(/C=C/c1ccc(O[C@@H]2O[C@H](COC(=O)/C=C/c3ccc(O)c(O)c3)[C@@H](O)[C@H](O)[C@H]2O)c(O)c1)OC[C@H]1O[C@@H](Oc2cc(/C=C/c3ccc(O)c(O)c3)oc(=O)c2)[C@H](O)[C@@H](O)[C@@H]1O. The Labute approximate surface area is 361 Å². The zero-order valence-electron chi connectivity index (χ0n) is 33.0. The van der Waals surface area contributed by atoms with Crippen molar-refractivity contribution in [1.29, 1.82) is 0 Å². The minimum absolute atomic E-state index is 0.0281. The second-order valence-corrected chi connectivity index (χ2v) is 14.3. The largest absolute Gasteiger partial charge is 0.504 e.